The Balaban J connectivity index is 1.50. The number of H-pyrrole nitrogens is 1. The average molecular weight is 339 g/mol. The summed E-state index contributed by atoms with van der Waals surface area (Å²) in [5, 5.41) is 11.3. The van der Waals surface area contributed by atoms with Crippen LogP contribution in [0.2, 0.25) is 0 Å². The minimum atomic E-state index is -0.0956. The largest absolute Gasteiger partial charge is 0.381 e. The number of aromatic nitrogens is 2. The van der Waals surface area contributed by atoms with Gasteiger partial charge in [0.15, 0.2) is 0 Å². The van der Waals surface area contributed by atoms with E-state index in [0.29, 0.717) is 17.6 Å². The van der Waals surface area contributed by atoms with E-state index in [0.717, 1.165) is 49.1 Å². The molecule has 1 saturated heterocycles. The lowest BCUT2D eigenvalue weighted by Gasteiger charge is -2.23. The van der Waals surface area contributed by atoms with E-state index in [1.807, 2.05) is 24.3 Å². The molecular weight excluding hydrogens is 318 g/mol. The first kappa shape index (κ1) is 15.8. The van der Waals surface area contributed by atoms with E-state index in [4.69, 9.17) is 4.74 Å². The molecule has 25 heavy (non-hydrogen) atoms. The molecule has 1 fully saturated rings. The molecule has 0 saturated carbocycles. The Kier molecular flexibility index (Phi) is 4.23. The first-order chi connectivity index (χ1) is 12.2. The van der Waals surface area contributed by atoms with Crippen molar-refractivity contribution in [2.75, 3.05) is 26.8 Å². The van der Waals surface area contributed by atoms with Crippen LogP contribution in [0.5, 0.6) is 0 Å². The summed E-state index contributed by atoms with van der Waals surface area (Å²) in [7, 11) is 1.75. The van der Waals surface area contributed by atoms with Gasteiger partial charge in [-0.25, -0.2) is 4.99 Å². The van der Waals surface area contributed by atoms with Crippen LogP contribution in [0.3, 0.4) is 0 Å². The number of benzene rings is 1. The van der Waals surface area contributed by atoms with E-state index in [1.54, 1.807) is 18.1 Å². The Morgan fingerprint density at radius 3 is 3.08 bits per heavy atom. The van der Waals surface area contributed by atoms with Gasteiger partial charge in [-0.2, -0.15) is 5.10 Å². The van der Waals surface area contributed by atoms with Crippen molar-refractivity contribution >= 4 is 28.8 Å². The molecule has 2 aliphatic rings. The zero-order valence-electron chi connectivity index (χ0n) is 14.2. The normalized spacial score (nSPS) is 20.5. The molecule has 4 rings (SSSR count). The van der Waals surface area contributed by atoms with Crippen molar-refractivity contribution < 1.29 is 9.53 Å². The number of hydrogen-bond donors (Lipinski definition) is 2. The van der Waals surface area contributed by atoms with Crippen molar-refractivity contribution in [1.29, 1.82) is 0 Å². The fraction of sp³-hybridized carbons (Fsp3) is 0.389. The number of aliphatic imine (C=N–C) groups is 1. The second-order valence-electron chi connectivity index (χ2n) is 6.48. The van der Waals surface area contributed by atoms with E-state index < -0.39 is 0 Å². The second-order valence-corrected chi connectivity index (χ2v) is 6.48. The number of hydrogen-bond acceptors (Lipinski definition) is 5. The number of nitrogens with zero attached hydrogens (tertiary/aromatic N) is 3. The van der Waals surface area contributed by atoms with Gasteiger partial charge < -0.3 is 10.1 Å². The monoisotopic (exact) mass is 339 g/mol. The smallest absolute Gasteiger partial charge is 0.279 e. The summed E-state index contributed by atoms with van der Waals surface area (Å²) in [6.07, 6.45) is 5.68. The number of likely N-dealkylation sites (N-methyl/N-ethyl adjacent to an activating group) is 1. The van der Waals surface area contributed by atoms with Crippen LogP contribution in [0.4, 0.5) is 0 Å². The fourth-order valence-electron chi connectivity index (χ4n) is 3.15. The van der Waals surface area contributed by atoms with Gasteiger partial charge in [0, 0.05) is 32.2 Å². The highest BCUT2D eigenvalue weighted by Gasteiger charge is 2.27. The number of amides is 1. The van der Waals surface area contributed by atoms with Crippen molar-refractivity contribution in [2.24, 2.45) is 10.9 Å². The first-order valence-electron chi connectivity index (χ1n) is 8.54. The maximum atomic E-state index is 12.4. The Labute approximate surface area is 145 Å². The summed E-state index contributed by atoms with van der Waals surface area (Å²) in [6.45, 7) is 2.44. The fourth-order valence-corrected chi connectivity index (χ4v) is 3.15. The summed E-state index contributed by atoms with van der Waals surface area (Å²) >= 11 is 0. The minimum Gasteiger partial charge on any atom is -0.381 e. The van der Waals surface area contributed by atoms with E-state index in [9.17, 15) is 4.79 Å². The zero-order valence-corrected chi connectivity index (χ0v) is 14.2. The van der Waals surface area contributed by atoms with Crippen molar-refractivity contribution in [3.63, 3.8) is 0 Å². The molecule has 1 aromatic heterocycles. The third-order valence-corrected chi connectivity index (χ3v) is 4.73. The molecule has 7 heteroatoms. The minimum absolute atomic E-state index is 0.0956. The number of guanidine groups is 1. The number of carbonyl (C=O) groups is 1. The topological polar surface area (TPSA) is 82.6 Å². The molecule has 3 heterocycles. The highest BCUT2D eigenvalue weighted by molar-refractivity contribution is 6.13. The third kappa shape index (κ3) is 3.28. The van der Waals surface area contributed by atoms with Gasteiger partial charge in [0.05, 0.1) is 11.7 Å². The Morgan fingerprint density at radius 1 is 1.40 bits per heavy atom. The quantitative estimate of drug-likeness (QED) is 0.835. The van der Waals surface area contributed by atoms with Gasteiger partial charge in [0.1, 0.15) is 5.70 Å². The van der Waals surface area contributed by atoms with Crippen LogP contribution in [-0.2, 0) is 9.53 Å². The molecule has 0 bridgehead atoms. The van der Waals surface area contributed by atoms with Crippen molar-refractivity contribution in [3.8, 4) is 0 Å². The summed E-state index contributed by atoms with van der Waals surface area (Å²) < 4.78 is 5.38. The number of fused-ring (bicyclic) bond motifs is 1. The lowest BCUT2D eigenvalue weighted by atomic mass is 10.0. The van der Waals surface area contributed by atoms with Crippen molar-refractivity contribution in [2.45, 2.75) is 12.8 Å². The molecule has 2 aromatic rings. The van der Waals surface area contributed by atoms with Gasteiger partial charge in [0.2, 0.25) is 5.96 Å². The maximum Gasteiger partial charge on any atom is 0.279 e. The molecule has 2 aliphatic heterocycles. The van der Waals surface area contributed by atoms with Gasteiger partial charge >= 0.3 is 0 Å². The van der Waals surface area contributed by atoms with Gasteiger partial charge in [-0.3, -0.25) is 14.8 Å². The molecule has 2 N–H and O–H groups in total. The molecule has 0 atom stereocenters. The van der Waals surface area contributed by atoms with Gasteiger partial charge in [-0.05, 0) is 42.5 Å². The number of nitrogens with one attached hydrogen (secondary N) is 2. The number of ether oxygens (including phenoxy) is 1. The number of rotatable bonds is 3. The molecule has 0 radical (unpaired) electrons. The maximum absolute atomic E-state index is 12.4. The predicted octanol–water partition coefficient (Wildman–Crippen LogP) is 1.75. The lowest BCUT2D eigenvalue weighted by Crippen LogP contribution is -2.41. The molecule has 0 spiro atoms. The van der Waals surface area contributed by atoms with Crippen LogP contribution in [0.25, 0.3) is 17.0 Å². The van der Waals surface area contributed by atoms with E-state index in [1.165, 1.54) is 0 Å². The Hall–Kier alpha value is -2.67. The van der Waals surface area contributed by atoms with E-state index >= 15 is 0 Å². The third-order valence-electron chi connectivity index (χ3n) is 4.73. The lowest BCUT2D eigenvalue weighted by molar-refractivity contribution is -0.121. The van der Waals surface area contributed by atoms with Crippen LogP contribution in [0, 0.1) is 5.92 Å². The number of aromatic amines is 1. The van der Waals surface area contributed by atoms with Crippen LogP contribution >= 0.6 is 0 Å². The Morgan fingerprint density at radius 2 is 2.24 bits per heavy atom. The molecule has 1 aromatic carbocycles. The predicted molar refractivity (Wildman–Crippen MR) is 95.8 cm³/mol. The van der Waals surface area contributed by atoms with Crippen molar-refractivity contribution in [1.82, 2.24) is 20.4 Å². The molecule has 130 valence electrons. The zero-order chi connectivity index (χ0) is 17.2. The van der Waals surface area contributed by atoms with Gasteiger partial charge in [-0.15, -0.1) is 0 Å². The van der Waals surface area contributed by atoms with Crippen LogP contribution in [-0.4, -0.2) is 53.8 Å². The second kappa shape index (κ2) is 6.68. The molecular formula is C18H21N5O2. The van der Waals surface area contributed by atoms with Crippen molar-refractivity contribution in [3.05, 3.63) is 35.7 Å². The summed E-state index contributed by atoms with van der Waals surface area (Å²) in [4.78, 5) is 18.5. The van der Waals surface area contributed by atoms with Crippen LogP contribution < -0.4 is 5.32 Å². The first-order valence-corrected chi connectivity index (χ1v) is 8.54. The van der Waals surface area contributed by atoms with Crippen LogP contribution in [0.1, 0.15) is 18.4 Å². The standard InChI is InChI=1S/C18H21N5O2/c1-23-17(24)16(9-13-2-3-15-14(8-13)11-20-22-15)21-18(23)19-10-12-4-6-25-7-5-12/h2-3,8-9,11-12H,4-7,10H2,1H3,(H,19,21)(H,20,22)/b16-9-. The molecule has 7 nitrogen and oxygen atoms in total. The molecule has 0 unspecified atom stereocenters. The summed E-state index contributed by atoms with van der Waals surface area (Å²) in [5.41, 5.74) is 2.35. The molecule has 1 amide bonds. The van der Waals surface area contributed by atoms with Gasteiger partial charge in [-0.1, -0.05) is 6.07 Å². The highest BCUT2D eigenvalue weighted by atomic mass is 16.5. The summed E-state index contributed by atoms with van der Waals surface area (Å²) in [5.74, 6) is 1.09. The Bertz CT molecular complexity index is 848. The van der Waals surface area contributed by atoms with E-state index in [-0.39, 0.29) is 5.91 Å². The highest BCUT2D eigenvalue weighted by Crippen LogP contribution is 2.20. The van der Waals surface area contributed by atoms with E-state index in [2.05, 4.69) is 20.5 Å². The SMILES string of the molecule is CN1C(=O)/C(=C/c2ccc3[nH]ncc3c2)N=C1NCC1CCOCC1. The average Bonchev–Trinajstić information content (AvgIpc) is 3.21. The van der Waals surface area contributed by atoms with Gasteiger partial charge in [0.25, 0.3) is 5.91 Å². The van der Waals surface area contributed by atoms with Crippen LogP contribution in [0.15, 0.2) is 35.1 Å². The number of carbonyl (C=O) groups excluding carboxylic acids is 1. The summed E-state index contributed by atoms with van der Waals surface area (Å²) in [6, 6.07) is 5.89. The molecule has 0 aliphatic carbocycles.